The van der Waals surface area contributed by atoms with E-state index in [1.165, 1.54) is 4.90 Å². The van der Waals surface area contributed by atoms with E-state index in [0.29, 0.717) is 17.2 Å². The lowest BCUT2D eigenvalue weighted by Crippen LogP contribution is -2.19. The molecule has 0 fully saturated rings. The third kappa shape index (κ3) is 5.12. The Morgan fingerprint density at radius 2 is 1.68 bits per heavy atom. The topological polar surface area (TPSA) is 72.2 Å². The van der Waals surface area contributed by atoms with Gasteiger partial charge in [-0.05, 0) is 66.9 Å². The number of pyridine rings is 1. The standard InChI is InChI=1S/C22H18N2O3S/c1-28-19-11-9-18(10-12-19)27-17-7-5-16(6-8-17)26-15-22(25)20(14-23)21-4-2-3-13-24-21/h2-13,20H,15H2,1H3. The second-order valence-electron chi connectivity index (χ2n) is 5.82. The molecule has 1 aromatic heterocycles. The molecule has 140 valence electrons. The van der Waals surface area contributed by atoms with Crippen LogP contribution in [-0.4, -0.2) is 23.6 Å². The van der Waals surface area contributed by atoms with Crippen molar-refractivity contribution in [2.45, 2.75) is 10.8 Å². The van der Waals surface area contributed by atoms with Crippen molar-refractivity contribution in [3.63, 3.8) is 0 Å². The SMILES string of the molecule is CSc1ccc(Oc2ccc(OCC(=O)C(C#N)c3ccccn3)cc2)cc1. The van der Waals surface area contributed by atoms with E-state index in [1.807, 2.05) is 36.6 Å². The number of carbonyl (C=O) groups is 1. The fourth-order valence-electron chi connectivity index (χ4n) is 2.47. The fraction of sp³-hybridized carbons (Fsp3) is 0.136. The molecule has 28 heavy (non-hydrogen) atoms. The second-order valence-corrected chi connectivity index (χ2v) is 6.70. The molecule has 0 amide bonds. The van der Waals surface area contributed by atoms with Gasteiger partial charge in [0.05, 0.1) is 11.8 Å². The summed E-state index contributed by atoms with van der Waals surface area (Å²) < 4.78 is 11.3. The summed E-state index contributed by atoms with van der Waals surface area (Å²) in [5.74, 6) is 0.660. The van der Waals surface area contributed by atoms with E-state index < -0.39 is 5.92 Å². The molecule has 2 aromatic carbocycles. The molecular weight excluding hydrogens is 372 g/mol. The lowest BCUT2D eigenvalue weighted by atomic mass is 10.0. The molecule has 1 unspecified atom stereocenters. The lowest BCUT2D eigenvalue weighted by molar-refractivity contribution is -0.121. The number of nitriles is 1. The molecule has 0 aliphatic heterocycles. The van der Waals surface area contributed by atoms with Crippen molar-refractivity contribution in [3.05, 3.63) is 78.6 Å². The number of rotatable bonds is 8. The molecule has 1 heterocycles. The molecule has 0 aliphatic carbocycles. The minimum absolute atomic E-state index is 0.203. The quantitative estimate of drug-likeness (QED) is 0.512. The van der Waals surface area contributed by atoms with Gasteiger partial charge in [0.2, 0.25) is 0 Å². The van der Waals surface area contributed by atoms with E-state index in [2.05, 4.69) is 4.98 Å². The van der Waals surface area contributed by atoms with Gasteiger partial charge in [0, 0.05) is 11.1 Å². The highest BCUT2D eigenvalue weighted by Crippen LogP contribution is 2.26. The van der Waals surface area contributed by atoms with E-state index in [4.69, 9.17) is 9.47 Å². The predicted octanol–water partition coefficient (Wildman–Crippen LogP) is 4.85. The van der Waals surface area contributed by atoms with Crippen LogP contribution in [0.3, 0.4) is 0 Å². The number of aromatic nitrogens is 1. The van der Waals surface area contributed by atoms with Crippen LogP contribution in [0.4, 0.5) is 0 Å². The lowest BCUT2D eigenvalue weighted by Gasteiger charge is -2.10. The molecule has 0 bridgehead atoms. The monoisotopic (exact) mass is 390 g/mol. The number of nitrogens with zero attached hydrogens (tertiary/aromatic N) is 2. The van der Waals surface area contributed by atoms with Crippen molar-refractivity contribution in [1.29, 1.82) is 5.26 Å². The highest BCUT2D eigenvalue weighted by molar-refractivity contribution is 7.98. The zero-order valence-corrected chi connectivity index (χ0v) is 16.1. The van der Waals surface area contributed by atoms with E-state index >= 15 is 0 Å². The van der Waals surface area contributed by atoms with Gasteiger partial charge in [-0.15, -0.1) is 11.8 Å². The molecule has 3 aromatic rings. The molecule has 0 spiro atoms. The summed E-state index contributed by atoms with van der Waals surface area (Å²) in [6.45, 7) is -0.203. The number of ether oxygens (including phenoxy) is 2. The number of benzene rings is 2. The maximum atomic E-state index is 12.3. The molecule has 3 rings (SSSR count). The van der Waals surface area contributed by atoms with Crippen LogP contribution in [0.1, 0.15) is 11.6 Å². The maximum Gasteiger partial charge on any atom is 0.193 e. The van der Waals surface area contributed by atoms with Crippen LogP contribution < -0.4 is 9.47 Å². The molecule has 1 atom stereocenters. The Hall–Kier alpha value is -3.30. The minimum Gasteiger partial charge on any atom is -0.486 e. The molecular formula is C22H18N2O3S. The Morgan fingerprint density at radius 3 is 2.25 bits per heavy atom. The van der Waals surface area contributed by atoms with Gasteiger partial charge in [-0.25, -0.2) is 0 Å². The average molecular weight is 390 g/mol. The Kier molecular flexibility index (Phi) is 6.66. The summed E-state index contributed by atoms with van der Waals surface area (Å²) in [6, 6.07) is 21.9. The van der Waals surface area contributed by atoms with Gasteiger partial charge in [0.15, 0.2) is 11.7 Å². The number of hydrogen-bond donors (Lipinski definition) is 0. The van der Waals surface area contributed by atoms with Gasteiger partial charge in [0.25, 0.3) is 0 Å². The number of hydrogen-bond acceptors (Lipinski definition) is 6. The zero-order valence-electron chi connectivity index (χ0n) is 15.2. The highest BCUT2D eigenvalue weighted by Gasteiger charge is 2.21. The van der Waals surface area contributed by atoms with Crippen LogP contribution in [0.25, 0.3) is 0 Å². The first-order valence-corrected chi connectivity index (χ1v) is 9.80. The van der Waals surface area contributed by atoms with Crippen LogP contribution in [0.2, 0.25) is 0 Å². The van der Waals surface area contributed by atoms with Crippen molar-refractivity contribution in [3.8, 4) is 23.3 Å². The average Bonchev–Trinajstić information content (AvgIpc) is 2.75. The largest absolute Gasteiger partial charge is 0.486 e. The number of Topliss-reactive ketones (excluding diaryl/α,β-unsaturated/α-hetero) is 1. The molecule has 0 saturated heterocycles. The van der Waals surface area contributed by atoms with Crippen molar-refractivity contribution in [1.82, 2.24) is 4.98 Å². The van der Waals surface area contributed by atoms with Crippen LogP contribution in [-0.2, 0) is 4.79 Å². The predicted molar refractivity (Wildman–Crippen MR) is 108 cm³/mol. The number of carbonyl (C=O) groups excluding carboxylic acids is 1. The summed E-state index contributed by atoms with van der Waals surface area (Å²) >= 11 is 1.67. The number of thioether (sulfide) groups is 1. The summed E-state index contributed by atoms with van der Waals surface area (Å²) in [6.07, 6.45) is 3.58. The minimum atomic E-state index is -0.937. The second kappa shape index (κ2) is 9.58. The molecule has 0 N–H and O–H groups in total. The first-order chi connectivity index (χ1) is 13.7. The molecule has 0 saturated carbocycles. The highest BCUT2D eigenvalue weighted by atomic mass is 32.2. The third-order valence-corrected chi connectivity index (χ3v) is 4.68. The summed E-state index contributed by atoms with van der Waals surface area (Å²) in [5, 5.41) is 9.27. The van der Waals surface area contributed by atoms with Crippen molar-refractivity contribution >= 4 is 17.5 Å². The molecule has 5 nitrogen and oxygen atoms in total. The van der Waals surface area contributed by atoms with Crippen LogP contribution in [0.5, 0.6) is 17.2 Å². The van der Waals surface area contributed by atoms with Gasteiger partial charge in [0.1, 0.15) is 23.9 Å². The van der Waals surface area contributed by atoms with Crippen LogP contribution >= 0.6 is 11.8 Å². The van der Waals surface area contributed by atoms with Gasteiger partial charge in [-0.1, -0.05) is 6.07 Å². The summed E-state index contributed by atoms with van der Waals surface area (Å²) in [4.78, 5) is 17.5. The van der Waals surface area contributed by atoms with E-state index in [9.17, 15) is 10.1 Å². The van der Waals surface area contributed by atoms with Crippen molar-refractivity contribution < 1.29 is 14.3 Å². The normalized spacial score (nSPS) is 11.3. The van der Waals surface area contributed by atoms with Gasteiger partial charge < -0.3 is 9.47 Å². The molecule has 0 aliphatic rings. The van der Waals surface area contributed by atoms with Gasteiger partial charge in [-0.2, -0.15) is 5.26 Å². The summed E-state index contributed by atoms with van der Waals surface area (Å²) in [7, 11) is 0. The maximum absolute atomic E-state index is 12.3. The van der Waals surface area contributed by atoms with Gasteiger partial charge >= 0.3 is 0 Å². The van der Waals surface area contributed by atoms with Crippen molar-refractivity contribution in [2.24, 2.45) is 0 Å². The van der Waals surface area contributed by atoms with E-state index in [-0.39, 0.29) is 12.4 Å². The zero-order chi connectivity index (χ0) is 19.8. The summed E-state index contributed by atoms with van der Waals surface area (Å²) in [5.41, 5.74) is 0.426. The van der Waals surface area contributed by atoms with Gasteiger partial charge in [-0.3, -0.25) is 9.78 Å². The first-order valence-electron chi connectivity index (χ1n) is 8.57. The Labute approximate surface area is 167 Å². The molecule has 0 radical (unpaired) electrons. The van der Waals surface area contributed by atoms with Crippen molar-refractivity contribution in [2.75, 3.05) is 12.9 Å². The smallest absolute Gasteiger partial charge is 0.193 e. The number of ketones is 1. The van der Waals surface area contributed by atoms with E-state index in [0.717, 1.165) is 5.75 Å². The van der Waals surface area contributed by atoms with Crippen LogP contribution in [0, 0.1) is 11.3 Å². The Morgan fingerprint density at radius 1 is 1.04 bits per heavy atom. The Bertz CT molecular complexity index is 952. The third-order valence-electron chi connectivity index (χ3n) is 3.93. The van der Waals surface area contributed by atoms with Crippen LogP contribution in [0.15, 0.2) is 77.8 Å². The fourth-order valence-corrected chi connectivity index (χ4v) is 2.88. The Balaban J connectivity index is 1.56. The van der Waals surface area contributed by atoms with E-state index in [1.54, 1.807) is 60.4 Å². The molecule has 6 heteroatoms. The first kappa shape index (κ1) is 19.5.